The van der Waals surface area contributed by atoms with Gasteiger partial charge in [0.1, 0.15) is 5.75 Å². The van der Waals surface area contributed by atoms with Crippen LogP contribution in [0.3, 0.4) is 0 Å². The van der Waals surface area contributed by atoms with E-state index in [9.17, 15) is 5.11 Å². The Kier molecular flexibility index (Phi) is 2.96. The lowest BCUT2D eigenvalue weighted by atomic mass is 10.1. The summed E-state index contributed by atoms with van der Waals surface area (Å²) in [7, 11) is 0. The molecule has 0 fully saturated rings. The van der Waals surface area contributed by atoms with Gasteiger partial charge in [-0.2, -0.15) is 0 Å². The van der Waals surface area contributed by atoms with Crippen LogP contribution in [-0.4, -0.2) is 10.1 Å². The predicted octanol–water partition coefficient (Wildman–Crippen LogP) is 2.98. The molecule has 2 aromatic rings. The smallest absolute Gasteiger partial charge is 0.125 e. The van der Waals surface area contributed by atoms with Crippen LogP contribution in [0.2, 0.25) is 0 Å². The number of rotatable bonds is 0. The molecule has 0 atom stereocenters. The number of hydrogen-bond acceptors (Lipinski definition) is 2. The molecule has 0 aliphatic rings. The molecule has 1 N–H and O–H groups in total. The van der Waals surface area contributed by atoms with Gasteiger partial charge in [0.15, 0.2) is 0 Å². The van der Waals surface area contributed by atoms with Crippen molar-refractivity contribution in [3.8, 4) is 5.75 Å². The van der Waals surface area contributed by atoms with Crippen molar-refractivity contribution in [3.05, 3.63) is 35.7 Å². The Bertz CT molecular complexity index is 468. The molecule has 1 heterocycles. The molecule has 74 valence electrons. The molecule has 0 unspecified atom stereocenters. The maximum absolute atomic E-state index is 9.60. The van der Waals surface area contributed by atoms with Crippen molar-refractivity contribution in [2.45, 2.75) is 13.8 Å². The minimum absolute atomic E-state index is 0. The Labute approximate surface area is 89.0 Å². The fraction of sp³-hybridized carbons (Fsp3) is 0.182. The molecule has 0 aliphatic heterocycles. The molecule has 0 amide bonds. The number of aryl methyl sites for hydroxylation is 2. The summed E-state index contributed by atoms with van der Waals surface area (Å²) < 4.78 is 0. The molecule has 0 aliphatic carbocycles. The Hall–Kier alpha value is -1.28. The Balaban J connectivity index is 0.000000980. The quantitative estimate of drug-likeness (QED) is 0.724. The minimum Gasteiger partial charge on any atom is -0.507 e. The fourth-order valence-electron chi connectivity index (χ4n) is 1.65. The zero-order chi connectivity index (χ0) is 9.42. The first-order chi connectivity index (χ1) is 6.18. The van der Waals surface area contributed by atoms with Gasteiger partial charge in [-0.25, -0.2) is 0 Å². The van der Waals surface area contributed by atoms with Gasteiger partial charge in [0, 0.05) is 16.8 Å². The summed E-state index contributed by atoms with van der Waals surface area (Å²) >= 11 is 0. The third-order valence-electron chi connectivity index (χ3n) is 2.14. The predicted molar refractivity (Wildman–Crippen MR) is 60.1 cm³/mol. The topological polar surface area (TPSA) is 33.1 Å². The van der Waals surface area contributed by atoms with E-state index in [1.807, 2.05) is 32.0 Å². The van der Waals surface area contributed by atoms with Gasteiger partial charge in [0.2, 0.25) is 0 Å². The molecule has 1 aromatic carbocycles. The van der Waals surface area contributed by atoms with Gasteiger partial charge in [-0.05, 0) is 31.4 Å². The van der Waals surface area contributed by atoms with Crippen LogP contribution in [0.4, 0.5) is 0 Å². The van der Waals surface area contributed by atoms with Crippen molar-refractivity contribution in [2.24, 2.45) is 0 Å². The van der Waals surface area contributed by atoms with Crippen LogP contribution in [-0.2, 0) is 0 Å². The van der Waals surface area contributed by atoms with Crippen molar-refractivity contribution < 1.29 is 5.11 Å². The third-order valence-corrected chi connectivity index (χ3v) is 2.14. The lowest BCUT2D eigenvalue weighted by molar-refractivity contribution is 0.481. The molecule has 3 heteroatoms. The van der Waals surface area contributed by atoms with Crippen LogP contribution in [0.5, 0.6) is 5.75 Å². The van der Waals surface area contributed by atoms with Gasteiger partial charge in [-0.15, -0.1) is 12.4 Å². The van der Waals surface area contributed by atoms with Gasteiger partial charge in [-0.1, -0.05) is 12.1 Å². The van der Waals surface area contributed by atoms with E-state index in [1.54, 1.807) is 6.07 Å². The molecule has 0 bridgehead atoms. The summed E-state index contributed by atoms with van der Waals surface area (Å²) in [6.45, 7) is 3.87. The first-order valence-corrected chi connectivity index (χ1v) is 4.24. The van der Waals surface area contributed by atoms with E-state index in [0.717, 1.165) is 22.2 Å². The van der Waals surface area contributed by atoms with E-state index in [0.29, 0.717) is 5.75 Å². The maximum atomic E-state index is 9.60. The van der Waals surface area contributed by atoms with Crippen molar-refractivity contribution in [1.29, 1.82) is 0 Å². The summed E-state index contributed by atoms with van der Waals surface area (Å²) in [5, 5.41) is 11.5. The average Bonchev–Trinajstić information content (AvgIpc) is 2.02. The second-order valence-electron chi connectivity index (χ2n) is 3.22. The zero-order valence-electron chi connectivity index (χ0n) is 8.11. The van der Waals surface area contributed by atoms with E-state index in [2.05, 4.69) is 4.98 Å². The summed E-state index contributed by atoms with van der Waals surface area (Å²) in [6, 6.07) is 7.49. The van der Waals surface area contributed by atoms with Gasteiger partial charge >= 0.3 is 0 Å². The summed E-state index contributed by atoms with van der Waals surface area (Å²) in [5.74, 6) is 0.308. The molecule has 0 spiro atoms. The highest BCUT2D eigenvalue weighted by Crippen LogP contribution is 2.26. The molecule has 2 nitrogen and oxygen atoms in total. The molecular weight excluding hydrogens is 198 g/mol. The first-order valence-electron chi connectivity index (χ1n) is 4.24. The summed E-state index contributed by atoms with van der Waals surface area (Å²) in [5.41, 5.74) is 1.86. The minimum atomic E-state index is 0. The zero-order valence-corrected chi connectivity index (χ0v) is 8.93. The second kappa shape index (κ2) is 3.84. The van der Waals surface area contributed by atoms with Crippen LogP contribution in [0.1, 0.15) is 11.4 Å². The van der Waals surface area contributed by atoms with Crippen molar-refractivity contribution in [3.63, 3.8) is 0 Å². The van der Waals surface area contributed by atoms with Gasteiger partial charge in [0.25, 0.3) is 0 Å². The Morgan fingerprint density at radius 3 is 2.64 bits per heavy atom. The number of hydrogen-bond donors (Lipinski definition) is 1. The second-order valence-corrected chi connectivity index (χ2v) is 3.22. The van der Waals surface area contributed by atoms with Crippen molar-refractivity contribution in [2.75, 3.05) is 0 Å². The van der Waals surface area contributed by atoms with Gasteiger partial charge in [-0.3, -0.25) is 4.98 Å². The van der Waals surface area contributed by atoms with Crippen molar-refractivity contribution in [1.82, 2.24) is 4.98 Å². The number of aromatic hydroxyl groups is 1. The van der Waals surface area contributed by atoms with E-state index in [4.69, 9.17) is 0 Å². The third kappa shape index (κ3) is 1.66. The van der Waals surface area contributed by atoms with E-state index in [-0.39, 0.29) is 12.4 Å². The van der Waals surface area contributed by atoms with Crippen LogP contribution in [0.25, 0.3) is 10.8 Å². The van der Waals surface area contributed by atoms with Crippen LogP contribution in [0, 0.1) is 13.8 Å². The maximum Gasteiger partial charge on any atom is 0.125 e. The van der Waals surface area contributed by atoms with Crippen LogP contribution >= 0.6 is 12.4 Å². The molecular formula is C11H12ClNO. The molecule has 0 radical (unpaired) electrons. The fourth-order valence-corrected chi connectivity index (χ4v) is 1.65. The highest BCUT2D eigenvalue weighted by molar-refractivity contribution is 5.90. The number of phenols is 1. The molecule has 0 saturated heterocycles. The van der Waals surface area contributed by atoms with Crippen molar-refractivity contribution >= 4 is 23.2 Å². The monoisotopic (exact) mass is 209 g/mol. The Morgan fingerprint density at radius 1 is 1.21 bits per heavy atom. The normalized spacial score (nSPS) is 9.86. The Morgan fingerprint density at radius 2 is 1.93 bits per heavy atom. The molecule has 2 rings (SSSR count). The SMILES string of the molecule is Cc1cc2cccc(O)c2c(C)n1.Cl. The number of fused-ring (bicyclic) bond motifs is 1. The van der Waals surface area contributed by atoms with Crippen LogP contribution in [0.15, 0.2) is 24.3 Å². The number of halogens is 1. The number of nitrogens with zero attached hydrogens (tertiary/aromatic N) is 1. The number of benzene rings is 1. The lowest BCUT2D eigenvalue weighted by Crippen LogP contribution is -1.87. The molecule has 14 heavy (non-hydrogen) atoms. The van der Waals surface area contributed by atoms with E-state index < -0.39 is 0 Å². The number of phenolic OH excluding ortho intramolecular Hbond substituents is 1. The van der Waals surface area contributed by atoms with E-state index in [1.165, 1.54) is 0 Å². The largest absolute Gasteiger partial charge is 0.507 e. The first kappa shape index (κ1) is 10.8. The van der Waals surface area contributed by atoms with Gasteiger partial charge in [0.05, 0.1) is 0 Å². The lowest BCUT2D eigenvalue weighted by Gasteiger charge is -2.04. The highest BCUT2D eigenvalue weighted by atomic mass is 35.5. The molecule has 1 aromatic heterocycles. The average molecular weight is 210 g/mol. The standard InChI is InChI=1S/C11H11NO.ClH/c1-7-6-9-4-3-5-10(13)11(9)8(2)12-7;/h3-6,13H,1-2H3;1H. The van der Waals surface area contributed by atoms with E-state index >= 15 is 0 Å². The summed E-state index contributed by atoms with van der Waals surface area (Å²) in [4.78, 5) is 4.30. The highest BCUT2D eigenvalue weighted by Gasteiger charge is 2.03. The van der Waals surface area contributed by atoms with Gasteiger partial charge < -0.3 is 5.11 Å². The summed E-state index contributed by atoms with van der Waals surface area (Å²) in [6.07, 6.45) is 0. The molecule has 0 saturated carbocycles. The van der Waals surface area contributed by atoms with Crippen LogP contribution < -0.4 is 0 Å². The number of pyridine rings is 1. The number of aromatic nitrogens is 1.